The maximum absolute atomic E-state index is 11.7. The van der Waals surface area contributed by atoms with Gasteiger partial charge in [-0.15, -0.1) is 0 Å². The van der Waals surface area contributed by atoms with Gasteiger partial charge in [0.05, 0.1) is 0 Å². The van der Waals surface area contributed by atoms with E-state index in [2.05, 4.69) is 13.2 Å². The van der Waals surface area contributed by atoms with Gasteiger partial charge in [0, 0.05) is 5.57 Å². The van der Waals surface area contributed by atoms with E-state index in [1.807, 2.05) is 12.1 Å². The van der Waals surface area contributed by atoms with E-state index in [-0.39, 0.29) is 5.57 Å². The molecule has 2 aromatic carbocycles. The molecule has 0 radical (unpaired) electrons. The summed E-state index contributed by atoms with van der Waals surface area (Å²) >= 11 is 0. The van der Waals surface area contributed by atoms with Crippen LogP contribution in [0.25, 0.3) is 11.1 Å². The lowest BCUT2D eigenvalue weighted by molar-refractivity contribution is -0.150. The van der Waals surface area contributed by atoms with Crippen molar-refractivity contribution in [1.29, 1.82) is 0 Å². The Morgan fingerprint density at radius 1 is 0.929 bits per heavy atom. The number of carbonyl (C=O) groups excluding carboxylic acids is 2. The molecule has 2 rings (SSSR count). The topological polar surface area (TPSA) is 82.1 Å². The van der Waals surface area contributed by atoms with Crippen LogP contribution in [0.2, 0.25) is 0 Å². The monoisotopic (exact) mass is 382 g/mol. The van der Waals surface area contributed by atoms with Crippen LogP contribution in [0.3, 0.4) is 0 Å². The molecule has 0 saturated heterocycles. The summed E-state index contributed by atoms with van der Waals surface area (Å²) < 4.78 is 15.2. The molecule has 28 heavy (non-hydrogen) atoms. The molecule has 0 fully saturated rings. The van der Waals surface area contributed by atoms with Gasteiger partial charge in [0.15, 0.2) is 6.61 Å². The lowest BCUT2D eigenvalue weighted by atomic mass is 10.1. The van der Waals surface area contributed by atoms with E-state index in [1.165, 1.54) is 6.92 Å². The predicted octanol–water partition coefficient (Wildman–Crippen LogP) is 3.65. The third-order valence-electron chi connectivity index (χ3n) is 3.61. The largest absolute Gasteiger partial charge is 0.461 e. The number of aliphatic hydroxyl groups is 1. The first kappa shape index (κ1) is 20.9. The van der Waals surface area contributed by atoms with Crippen LogP contribution >= 0.6 is 0 Å². The first-order valence-corrected chi connectivity index (χ1v) is 8.50. The Hall–Kier alpha value is -3.38. The zero-order valence-corrected chi connectivity index (χ0v) is 15.8. The first-order valence-electron chi connectivity index (χ1n) is 8.50. The summed E-state index contributed by atoms with van der Waals surface area (Å²) in [6.07, 6.45) is -1.05. The quantitative estimate of drug-likeness (QED) is 0.247. The second-order valence-electron chi connectivity index (χ2n) is 6.20. The van der Waals surface area contributed by atoms with Gasteiger partial charge in [0.2, 0.25) is 6.29 Å². The standard InChI is InChI=1S/C22H22O6/c1-14(2)21(24)26-13-20(23)27-18-9-5-16(6-10-18)17-7-11-19(12-8-17)28-22(25)15(3)4/h5-12,22,25H,1,3,13H2,2,4H3. The Morgan fingerprint density at radius 3 is 1.89 bits per heavy atom. The highest BCUT2D eigenvalue weighted by molar-refractivity contribution is 5.88. The van der Waals surface area contributed by atoms with Crippen LogP contribution in [0.1, 0.15) is 13.8 Å². The third kappa shape index (κ3) is 6.10. The number of esters is 2. The zero-order valence-electron chi connectivity index (χ0n) is 15.8. The summed E-state index contributed by atoms with van der Waals surface area (Å²) in [4.78, 5) is 23.0. The third-order valence-corrected chi connectivity index (χ3v) is 3.61. The highest BCUT2D eigenvalue weighted by Gasteiger charge is 2.10. The minimum atomic E-state index is -1.05. The number of hydrogen-bond donors (Lipinski definition) is 1. The average molecular weight is 382 g/mol. The summed E-state index contributed by atoms with van der Waals surface area (Å²) in [5.41, 5.74) is 2.55. The number of carbonyl (C=O) groups is 2. The summed E-state index contributed by atoms with van der Waals surface area (Å²) in [5, 5.41) is 9.67. The average Bonchev–Trinajstić information content (AvgIpc) is 2.67. The molecule has 146 valence electrons. The van der Waals surface area contributed by atoms with Crippen molar-refractivity contribution in [3.8, 4) is 22.6 Å². The van der Waals surface area contributed by atoms with Crippen molar-refractivity contribution in [3.63, 3.8) is 0 Å². The molecule has 0 aliphatic heterocycles. The maximum Gasteiger partial charge on any atom is 0.349 e. The molecule has 2 aromatic rings. The second kappa shape index (κ2) is 9.53. The van der Waals surface area contributed by atoms with E-state index in [9.17, 15) is 14.7 Å². The first-order chi connectivity index (χ1) is 13.3. The molecule has 0 spiro atoms. The Bertz CT molecular complexity index is 865. The van der Waals surface area contributed by atoms with Crippen LogP contribution in [-0.2, 0) is 14.3 Å². The lowest BCUT2D eigenvalue weighted by Gasteiger charge is -2.13. The molecule has 0 bridgehead atoms. The number of hydrogen-bond acceptors (Lipinski definition) is 6. The summed E-state index contributed by atoms with van der Waals surface area (Å²) in [6.45, 7) is 9.76. The second-order valence-corrected chi connectivity index (χ2v) is 6.20. The molecule has 0 aromatic heterocycles. The van der Waals surface area contributed by atoms with Crippen molar-refractivity contribution in [3.05, 3.63) is 72.8 Å². The minimum Gasteiger partial charge on any atom is -0.461 e. The smallest absolute Gasteiger partial charge is 0.349 e. The van der Waals surface area contributed by atoms with Crippen molar-refractivity contribution in [2.45, 2.75) is 20.1 Å². The normalized spacial score (nSPS) is 11.2. The molecule has 0 heterocycles. The highest BCUT2D eigenvalue weighted by atomic mass is 16.6. The molecular formula is C22H22O6. The lowest BCUT2D eigenvalue weighted by Crippen LogP contribution is -2.18. The fraction of sp³-hybridized carbons (Fsp3) is 0.182. The summed E-state index contributed by atoms with van der Waals surface area (Å²) in [6, 6.07) is 14.0. The molecule has 1 atom stereocenters. The van der Waals surface area contributed by atoms with E-state index in [1.54, 1.807) is 43.3 Å². The fourth-order valence-electron chi connectivity index (χ4n) is 2.08. The van der Waals surface area contributed by atoms with E-state index < -0.39 is 24.8 Å². The fourth-order valence-corrected chi connectivity index (χ4v) is 2.08. The van der Waals surface area contributed by atoms with E-state index in [0.29, 0.717) is 17.1 Å². The number of aliphatic hydroxyl groups excluding tert-OH is 1. The number of ether oxygens (including phenoxy) is 3. The minimum absolute atomic E-state index is 0.211. The zero-order chi connectivity index (χ0) is 20.7. The number of benzene rings is 2. The Balaban J connectivity index is 1.94. The van der Waals surface area contributed by atoms with Crippen LogP contribution in [0.4, 0.5) is 0 Å². The molecule has 0 aliphatic rings. The van der Waals surface area contributed by atoms with Gasteiger partial charge in [0.1, 0.15) is 11.5 Å². The molecule has 1 unspecified atom stereocenters. The molecule has 1 N–H and O–H groups in total. The van der Waals surface area contributed by atoms with Gasteiger partial charge < -0.3 is 19.3 Å². The molecule has 6 heteroatoms. The van der Waals surface area contributed by atoms with Crippen molar-refractivity contribution >= 4 is 11.9 Å². The van der Waals surface area contributed by atoms with Crippen LogP contribution < -0.4 is 9.47 Å². The molecule has 6 nitrogen and oxygen atoms in total. The maximum atomic E-state index is 11.7. The van der Waals surface area contributed by atoms with Gasteiger partial charge in [0.25, 0.3) is 0 Å². The SMILES string of the molecule is C=C(C)C(=O)OCC(=O)Oc1ccc(-c2ccc(OC(O)C(=C)C)cc2)cc1. The molecule has 0 saturated carbocycles. The van der Waals surface area contributed by atoms with E-state index in [0.717, 1.165) is 11.1 Å². The van der Waals surface area contributed by atoms with Gasteiger partial charge in [-0.1, -0.05) is 37.4 Å². The molecule has 0 amide bonds. The van der Waals surface area contributed by atoms with Gasteiger partial charge in [-0.3, -0.25) is 0 Å². The van der Waals surface area contributed by atoms with Crippen LogP contribution in [0, 0.1) is 0 Å². The van der Waals surface area contributed by atoms with Crippen LogP contribution in [0.15, 0.2) is 72.8 Å². The molecular weight excluding hydrogens is 360 g/mol. The van der Waals surface area contributed by atoms with Gasteiger partial charge >= 0.3 is 11.9 Å². The van der Waals surface area contributed by atoms with Gasteiger partial charge in [-0.2, -0.15) is 0 Å². The van der Waals surface area contributed by atoms with Crippen molar-refractivity contribution in [2.24, 2.45) is 0 Å². The van der Waals surface area contributed by atoms with Crippen molar-refractivity contribution in [1.82, 2.24) is 0 Å². The Kier molecular flexibility index (Phi) is 7.12. The number of rotatable bonds is 8. The van der Waals surface area contributed by atoms with E-state index >= 15 is 0 Å². The van der Waals surface area contributed by atoms with Crippen molar-refractivity contribution in [2.75, 3.05) is 6.61 Å². The highest BCUT2D eigenvalue weighted by Crippen LogP contribution is 2.25. The van der Waals surface area contributed by atoms with Crippen LogP contribution in [0.5, 0.6) is 11.5 Å². The Labute approximate surface area is 163 Å². The van der Waals surface area contributed by atoms with E-state index in [4.69, 9.17) is 14.2 Å². The summed E-state index contributed by atoms with van der Waals surface area (Å²) in [7, 11) is 0. The van der Waals surface area contributed by atoms with Gasteiger partial charge in [-0.25, -0.2) is 9.59 Å². The van der Waals surface area contributed by atoms with Crippen LogP contribution in [-0.4, -0.2) is 29.9 Å². The van der Waals surface area contributed by atoms with Crippen molar-refractivity contribution < 1.29 is 28.9 Å². The Morgan fingerprint density at radius 2 is 1.43 bits per heavy atom. The predicted molar refractivity (Wildman–Crippen MR) is 105 cm³/mol. The molecule has 0 aliphatic carbocycles. The summed E-state index contributed by atoms with van der Waals surface area (Å²) in [5.74, 6) is -0.464. The van der Waals surface area contributed by atoms with Gasteiger partial charge in [-0.05, 0) is 54.8 Å².